The Hall–Kier alpha value is -2.04. The van der Waals surface area contributed by atoms with E-state index in [1.54, 1.807) is 4.90 Å². The van der Waals surface area contributed by atoms with E-state index in [4.69, 9.17) is 5.73 Å². The summed E-state index contributed by atoms with van der Waals surface area (Å²) >= 11 is 0. The summed E-state index contributed by atoms with van der Waals surface area (Å²) in [6.07, 6.45) is 1.40. The SMILES string of the molecule is Cc1ccc2nc(N)n(C3CCC(=O)N(C)C3)c2c1. The van der Waals surface area contributed by atoms with Crippen molar-refractivity contribution in [3.63, 3.8) is 0 Å². The van der Waals surface area contributed by atoms with Gasteiger partial charge in [0.25, 0.3) is 0 Å². The van der Waals surface area contributed by atoms with Crippen LogP contribution in [0.3, 0.4) is 0 Å². The first-order chi connectivity index (χ1) is 9.06. The number of nitrogens with two attached hydrogens (primary N) is 1. The Balaban J connectivity index is 2.07. The fourth-order valence-electron chi connectivity index (χ4n) is 2.81. The Labute approximate surface area is 112 Å². The highest BCUT2D eigenvalue weighted by Crippen LogP contribution is 2.29. The minimum absolute atomic E-state index is 0.204. The van der Waals surface area contributed by atoms with Crippen LogP contribution in [-0.4, -0.2) is 34.0 Å². The molecule has 2 N–H and O–H groups in total. The molecular weight excluding hydrogens is 240 g/mol. The predicted molar refractivity (Wildman–Crippen MR) is 74.8 cm³/mol. The van der Waals surface area contributed by atoms with E-state index in [9.17, 15) is 4.79 Å². The lowest BCUT2D eigenvalue weighted by molar-refractivity contribution is -0.132. The van der Waals surface area contributed by atoms with Gasteiger partial charge in [0.1, 0.15) is 0 Å². The normalized spacial score (nSPS) is 20.2. The number of anilines is 1. The molecule has 5 nitrogen and oxygen atoms in total. The van der Waals surface area contributed by atoms with Crippen LogP contribution in [0.5, 0.6) is 0 Å². The van der Waals surface area contributed by atoms with Crippen LogP contribution in [0.2, 0.25) is 0 Å². The van der Waals surface area contributed by atoms with Crippen LogP contribution in [0.15, 0.2) is 18.2 Å². The second-order valence-electron chi connectivity index (χ2n) is 5.30. The van der Waals surface area contributed by atoms with E-state index in [1.165, 1.54) is 5.56 Å². The highest BCUT2D eigenvalue weighted by molar-refractivity contribution is 5.80. The number of fused-ring (bicyclic) bond motifs is 1. The van der Waals surface area contributed by atoms with Crippen molar-refractivity contribution < 1.29 is 4.79 Å². The molecule has 2 heterocycles. The third-order valence-corrected chi connectivity index (χ3v) is 3.84. The number of rotatable bonds is 1. The van der Waals surface area contributed by atoms with Gasteiger partial charge >= 0.3 is 0 Å². The average molecular weight is 258 g/mol. The van der Waals surface area contributed by atoms with Crippen molar-refractivity contribution in [2.24, 2.45) is 0 Å². The highest BCUT2D eigenvalue weighted by Gasteiger charge is 2.26. The smallest absolute Gasteiger partial charge is 0.222 e. The number of aryl methyl sites for hydroxylation is 1. The van der Waals surface area contributed by atoms with Crippen LogP contribution in [-0.2, 0) is 4.79 Å². The highest BCUT2D eigenvalue weighted by atomic mass is 16.2. The second-order valence-corrected chi connectivity index (χ2v) is 5.30. The Morgan fingerprint density at radius 1 is 1.42 bits per heavy atom. The fraction of sp³-hybridized carbons (Fsp3) is 0.429. The molecule has 1 aliphatic rings. The van der Waals surface area contributed by atoms with Crippen molar-refractivity contribution >= 4 is 22.9 Å². The summed E-state index contributed by atoms with van der Waals surface area (Å²) in [5.41, 5.74) is 9.23. The maximum atomic E-state index is 11.6. The summed E-state index contributed by atoms with van der Waals surface area (Å²) in [6.45, 7) is 2.76. The molecule has 1 amide bonds. The van der Waals surface area contributed by atoms with Crippen LogP contribution in [0.1, 0.15) is 24.4 Å². The number of hydrogen-bond acceptors (Lipinski definition) is 3. The Bertz CT molecular complexity index is 646. The molecule has 1 fully saturated rings. The van der Waals surface area contributed by atoms with Gasteiger partial charge in [0.2, 0.25) is 11.9 Å². The summed E-state index contributed by atoms with van der Waals surface area (Å²) in [4.78, 5) is 17.8. The van der Waals surface area contributed by atoms with Crippen LogP contribution in [0.25, 0.3) is 11.0 Å². The summed E-state index contributed by atoms with van der Waals surface area (Å²) < 4.78 is 2.07. The number of aromatic nitrogens is 2. The number of amides is 1. The van der Waals surface area contributed by atoms with E-state index in [1.807, 2.05) is 19.2 Å². The van der Waals surface area contributed by atoms with Crippen molar-refractivity contribution in [3.8, 4) is 0 Å². The Kier molecular flexibility index (Phi) is 2.69. The van der Waals surface area contributed by atoms with Crippen molar-refractivity contribution in [1.82, 2.24) is 14.5 Å². The zero-order valence-corrected chi connectivity index (χ0v) is 11.3. The molecule has 3 rings (SSSR count). The molecule has 1 saturated heterocycles. The van der Waals surface area contributed by atoms with E-state index in [2.05, 4.69) is 22.5 Å². The lowest BCUT2D eigenvalue weighted by Gasteiger charge is -2.31. The quantitative estimate of drug-likeness (QED) is 0.847. The van der Waals surface area contributed by atoms with Crippen LogP contribution < -0.4 is 5.73 Å². The number of piperidine rings is 1. The van der Waals surface area contributed by atoms with E-state index in [0.29, 0.717) is 18.9 Å². The molecule has 0 bridgehead atoms. The Morgan fingerprint density at radius 2 is 2.21 bits per heavy atom. The summed E-state index contributed by atoms with van der Waals surface area (Å²) in [5.74, 6) is 0.740. The molecule has 1 aromatic carbocycles. The largest absolute Gasteiger partial charge is 0.369 e. The summed E-state index contributed by atoms with van der Waals surface area (Å²) in [5, 5.41) is 0. The zero-order valence-electron chi connectivity index (χ0n) is 11.3. The first-order valence-corrected chi connectivity index (χ1v) is 6.54. The van der Waals surface area contributed by atoms with E-state index < -0.39 is 0 Å². The maximum absolute atomic E-state index is 11.6. The molecule has 0 spiro atoms. The summed E-state index contributed by atoms with van der Waals surface area (Å²) in [6, 6.07) is 6.36. The number of carbonyl (C=O) groups is 1. The van der Waals surface area contributed by atoms with Crippen molar-refractivity contribution in [1.29, 1.82) is 0 Å². The van der Waals surface area contributed by atoms with Gasteiger partial charge < -0.3 is 15.2 Å². The van der Waals surface area contributed by atoms with Gasteiger partial charge in [-0.3, -0.25) is 4.79 Å². The van der Waals surface area contributed by atoms with E-state index in [-0.39, 0.29) is 11.9 Å². The van der Waals surface area contributed by atoms with Crippen molar-refractivity contribution in [2.75, 3.05) is 19.3 Å². The molecular formula is C14H18N4O. The fourth-order valence-corrected chi connectivity index (χ4v) is 2.81. The molecule has 1 unspecified atom stereocenters. The molecule has 19 heavy (non-hydrogen) atoms. The molecule has 0 radical (unpaired) electrons. The van der Waals surface area contributed by atoms with Gasteiger partial charge in [0, 0.05) is 20.0 Å². The first-order valence-electron chi connectivity index (χ1n) is 6.54. The first kappa shape index (κ1) is 12.0. The molecule has 5 heteroatoms. The Morgan fingerprint density at radius 3 is 2.95 bits per heavy atom. The number of likely N-dealkylation sites (N-methyl/N-ethyl adjacent to an activating group) is 1. The third kappa shape index (κ3) is 1.95. The number of nitrogen functional groups attached to an aromatic ring is 1. The van der Waals surface area contributed by atoms with Gasteiger partial charge in [-0.25, -0.2) is 4.98 Å². The van der Waals surface area contributed by atoms with Crippen LogP contribution in [0.4, 0.5) is 5.95 Å². The molecule has 1 aliphatic heterocycles. The van der Waals surface area contributed by atoms with E-state index in [0.717, 1.165) is 17.5 Å². The monoisotopic (exact) mass is 258 g/mol. The van der Waals surface area contributed by atoms with Gasteiger partial charge in [0.05, 0.1) is 17.1 Å². The van der Waals surface area contributed by atoms with E-state index >= 15 is 0 Å². The topological polar surface area (TPSA) is 64.1 Å². The number of likely N-dealkylation sites (tertiary alicyclic amines) is 1. The number of hydrogen-bond donors (Lipinski definition) is 1. The lowest BCUT2D eigenvalue weighted by Crippen LogP contribution is -2.38. The average Bonchev–Trinajstić information content (AvgIpc) is 2.68. The standard InChI is InChI=1S/C14H18N4O/c1-9-3-5-11-12(7-9)18(14(15)16-11)10-4-6-13(19)17(2)8-10/h3,5,7,10H,4,6,8H2,1-2H3,(H2,15,16). The molecule has 0 saturated carbocycles. The molecule has 100 valence electrons. The minimum Gasteiger partial charge on any atom is -0.369 e. The van der Waals surface area contributed by atoms with Gasteiger partial charge in [-0.1, -0.05) is 6.07 Å². The third-order valence-electron chi connectivity index (χ3n) is 3.84. The van der Waals surface area contributed by atoms with Crippen molar-refractivity contribution in [3.05, 3.63) is 23.8 Å². The van der Waals surface area contributed by atoms with Crippen LogP contribution >= 0.6 is 0 Å². The zero-order chi connectivity index (χ0) is 13.6. The van der Waals surface area contributed by atoms with Gasteiger partial charge in [-0.05, 0) is 31.0 Å². The maximum Gasteiger partial charge on any atom is 0.222 e. The molecule has 1 aromatic heterocycles. The molecule has 1 atom stereocenters. The minimum atomic E-state index is 0.204. The summed E-state index contributed by atoms with van der Waals surface area (Å²) in [7, 11) is 1.84. The predicted octanol–water partition coefficient (Wildman–Crippen LogP) is 1.72. The van der Waals surface area contributed by atoms with Gasteiger partial charge in [0.15, 0.2) is 0 Å². The second kappa shape index (κ2) is 4.26. The van der Waals surface area contributed by atoms with Gasteiger partial charge in [-0.15, -0.1) is 0 Å². The lowest BCUT2D eigenvalue weighted by atomic mass is 10.1. The number of carbonyl (C=O) groups excluding carboxylic acids is 1. The van der Waals surface area contributed by atoms with Crippen LogP contribution in [0, 0.1) is 6.92 Å². The molecule has 0 aliphatic carbocycles. The molecule has 2 aromatic rings. The van der Waals surface area contributed by atoms with Gasteiger partial charge in [-0.2, -0.15) is 0 Å². The number of imidazole rings is 1. The number of benzene rings is 1. The number of nitrogens with zero attached hydrogens (tertiary/aromatic N) is 3. The van der Waals surface area contributed by atoms with Crippen molar-refractivity contribution in [2.45, 2.75) is 25.8 Å².